The molecule has 0 radical (unpaired) electrons. The Morgan fingerprint density at radius 1 is 1.30 bits per heavy atom. The Morgan fingerprint density at radius 2 is 2.04 bits per heavy atom. The molecule has 0 unspecified atom stereocenters. The number of aromatic amines is 1. The van der Waals surface area contributed by atoms with Gasteiger partial charge in [0.1, 0.15) is 11.3 Å². The summed E-state index contributed by atoms with van der Waals surface area (Å²) in [5.74, 6) is 0.811. The molecule has 0 amide bonds. The molecular weight excluding hydrogens is 317 g/mol. The van der Waals surface area contributed by atoms with Crippen LogP contribution in [0.1, 0.15) is 18.9 Å². The first-order valence-electron chi connectivity index (χ1n) is 7.21. The lowest BCUT2D eigenvalue weighted by Crippen LogP contribution is -2.17. The number of hydrogen-bond donors (Lipinski definition) is 2. The molecule has 120 valence electrons. The Hall–Kier alpha value is -2.35. The van der Waals surface area contributed by atoms with Gasteiger partial charge in [0.25, 0.3) is 0 Å². The Morgan fingerprint density at radius 3 is 2.74 bits per heavy atom. The number of hydrogen-bond acceptors (Lipinski definition) is 5. The number of imidazole rings is 1. The third kappa shape index (κ3) is 3.21. The first kappa shape index (κ1) is 15.5. The van der Waals surface area contributed by atoms with Crippen LogP contribution in [-0.4, -0.2) is 25.3 Å². The molecule has 2 heterocycles. The van der Waals surface area contributed by atoms with E-state index in [2.05, 4.69) is 21.9 Å². The molecule has 0 fully saturated rings. The number of anilines is 1. The van der Waals surface area contributed by atoms with Gasteiger partial charge in [0.2, 0.25) is 0 Å². The zero-order valence-corrected chi connectivity index (χ0v) is 13.4. The summed E-state index contributed by atoms with van der Waals surface area (Å²) >= 11 is 1.49. The van der Waals surface area contributed by atoms with Crippen molar-refractivity contribution in [2.24, 2.45) is 0 Å². The summed E-state index contributed by atoms with van der Waals surface area (Å²) in [7, 11) is 0. The Kier molecular flexibility index (Phi) is 4.33. The Labute approximate surface area is 135 Å². The van der Waals surface area contributed by atoms with E-state index in [0.29, 0.717) is 16.3 Å². The van der Waals surface area contributed by atoms with Crippen LogP contribution in [0.4, 0.5) is 10.2 Å². The van der Waals surface area contributed by atoms with E-state index in [0.717, 1.165) is 17.7 Å². The first-order valence-corrected chi connectivity index (χ1v) is 8.20. The summed E-state index contributed by atoms with van der Waals surface area (Å²) < 4.78 is 14.5. The molecule has 23 heavy (non-hydrogen) atoms. The number of fused-ring (bicyclic) bond motifs is 1. The Bertz CT molecular complexity index is 887. The van der Waals surface area contributed by atoms with Crippen LogP contribution in [0.25, 0.3) is 11.2 Å². The molecule has 0 spiro atoms. The minimum absolute atomic E-state index is 0.253. The van der Waals surface area contributed by atoms with Crippen molar-refractivity contribution in [2.75, 3.05) is 11.5 Å². The van der Waals surface area contributed by atoms with Crippen molar-refractivity contribution in [1.29, 1.82) is 0 Å². The van der Waals surface area contributed by atoms with E-state index in [1.807, 2.05) is 0 Å². The van der Waals surface area contributed by atoms with E-state index in [-0.39, 0.29) is 23.9 Å². The molecule has 6 nitrogen and oxygen atoms in total. The summed E-state index contributed by atoms with van der Waals surface area (Å²) in [6.07, 6.45) is 0.988. The topological polar surface area (TPSA) is 89.6 Å². The lowest BCUT2D eigenvalue weighted by atomic mass is 10.2. The molecule has 0 saturated heterocycles. The monoisotopic (exact) mass is 333 g/mol. The van der Waals surface area contributed by atoms with Gasteiger partial charge in [0.15, 0.2) is 16.6 Å². The highest BCUT2D eigenvalue weighted by molar-refractivity contribution is 7.99. The lowest BCUT2D eigenvalue weighted by molar-refractivity contribution is 0.626. The number of benzene rings is 1. The maximum atomic E-state index is 13.0. The van der Waals surface area contributed by atoms with Crippen LogP contribution < -0.4 is 11.4 Å². The third-order valence-corrected chi connectivity index (χ3v) is 4.37. The molecule has 0 saturated carbocycles. The van der Waals surface area contributed by atoms with Gasteiger partial charge in [-0.2, -0.15) is 0 Å². The van der Waals surface area contributed by atoms with Gasteiger partial charge in [-0.15, -0.1) is 0 Å². The van der Waals surface area contributed by atoms with Gasteiger partial charge in [-0.05, 0) is 24.1 Å². The number of nitrogens with zero attached hydrogens (tertiary/aromatic N) is 3. The minimum atomic E-state index is -0.317. The average molecular weight is 333 g/mol. The number of nitrogen functional groups attached to an aromatic ring is 1. The van der Waals surface area contributed by atoms with Crippen molar-refractivity contribution in [3.05, 3.63) is 46.1 Å². The summed E-state index contributed by atoms with van der Waals surface area (Å²) in [6.45, 7) is 2.35. The number of rotatable bonds is 5. The van der Waals surface area contributed by atoms with Crippen LogP contribution >= 0.6 is 11.8 Å². The van der Waals surface area contributed by atoms with Crippen LogP contribution in [0.5, 0.6) is 0 Å². The molecular formula is C15H16FN5OS. The fourth-order valence-electron chi connectivity index (χ4n) is 2.21. The van der Waals surface area contributed by atoms with E-state index < -0.39 is 0 Å². The van der Waals surface area contributed by atoms with Gasteiger partial charge in [0.05, 0.1) is 6.54 Å². The largest absolute Gasteiger partial charge is 0.382 e. The summed E-state index contributed by atoms with van der Waals surface area (Å²) in [5.41, 5.74) is 7.30. The molecule has 0 aliphatic rings. The molecule has 0 atom stereocenters. The van der Waals surface area contributed by atoms with Crippen LogP contribution in [0.2, 0.25) is 0 Å². The summed E-state index contributed by atoms with van der Waals surface area (Å²) in [6, 6.07) is 6.00. The van der Waals surface area contributed by atoms with E-state index in [9.17, 15) is 9.18 Å². The van der Waals surface area contributed by atoms with Gasteiger partial charge in [0, 0.05) is 5.75 Å². The molecule has 3 rings (SSSR count). The zero-order valence-electron chi connectivity index (χ0n) is 12.5. The number of H-pyrrole nitrogens is 1. The molecule has 0 bridgehead atoms. The van der Waals surface area contributed by atoms with Gasteiger partial charge in [-0.25, -0.2) is 19.2 Å². The smallest absolute Gasteiger partial charge is 0.328 e. The molecule has 8 heteroatoms. The molecule has 1 aromatic carbocycles. The Balaban J connectivity index is 2.04. The van der Waals surface area contributed by atoms with E-state index >= 15 is 0 Å². The minimum Gasteiger partial charge on any atom is -0.382 e. The predicted molar refractivity (Wildman–Crippen MR) is 89.1 cm³/mol. The number of halogens is 1. The SMILES string of the molecule is CCCSc1nc(N)c2[nH]c(=O)n(Cc3ccc(F)cc3)c2n1. The lowest BCUT2D eigenvalue weighted by Gasteiger charge is -2.05. The normalized spacial score (nSPS) is 11.2. The van der Waals surface area contributed by atoms with Crippen LogP contribution in [0.3, 0.4) is 0 Å². The van der Waals surface area contributed by atoms with Gasteiger partial charge >= 0.3 is 5.69 Å². The van der Waals surface area contributed by atoms with Crippen LogP contribution in [-0.2, 0) is 6.54 Å². The fraction of sp³-hybridized carbons (Fsp3) is 0.267. The van der Waals surface area contributed by atoms with E-state index in [1.54, 1.807) is 12.1 Å². The van der Waals surface area contributed by atoms with E-state index in [4.69, 9.17) is 5.73 Å². The summed E-state index contributed by atoms with van der Waals surface area (Å²) in [5, 5.41) is 0.545. The maximum Gasteiger partial charge on any atom is 0.328 e. The maximum absolute atomic E-state index is 13.0. The highest BCUT2D eigenvalue weighted by Gasteiger charge is 2.14. The molecule has 2 aromatic heterocycles. The molecule has 0 aliphatic carbocycles. The van der Waals surface area contributed by atoms with Crippen molar-refractivity contribution >= 4 is 28.7 Å². The highest BCUT2D eigenvalue weighted by atomic mass is 32.2. The average Bonchev–Trinajstić information content (AvgIpc) is 2.84. The van der Waals surface area contributed by atoms with Gasteiger partial charge in [-0.3, -0.25) is 4.57 Å². The second kappa shape index (κ2) is 6.41. The zero-order chi connectivity index (χ0) is 16.4. The second-order valence-electron chi connectivity index (χ2n) is 5.08. The quantitative estimate of drug-likeness (QED) is 0.553. The summed E-state index contributed by atoms with van der Waals surface area (Å²) in [4.78, 5) is 23.5. The van der Waals surface area contributed by atoms with Crippen molar-refractivity contribution in [1.82, 2.24) is 19.5 Å². The molecule has 0 aliphatic heterocycles. The molecule has 3 N–H and O–H groups in total. The third-order valence-electron chi connectivity index (χ3n) is 3.32. The number of nitrogens with two attached hydrogens (primary N) is 1. The van der Waals surface area contributed by atoms with Crippen LogP contribution in [0, 0.1) is 5.82 Å². The van der Waals surface area contributed by atoms with Crippen molar-refractivity contribution < 1.29 is 4.39 Å². The number of nitrogens with one attached hydrogen (secondary N) is 1. The standard InChI is InChI=1S/C15H16FN5OS/c1-2-7-23-14-19-12(17)11-13(20-14)21(15(22)18-11)8-9-3-5-10(16)6-4-9/h3-6H,2,7-8H2,1H3,(H,18,22)(H2,17,19,20). The second-order valence-corrected chi connectivity index (χ2v) is 6.14. The number of thioether (sulfide) groups is 1. The van der Waals surface area contributed by atoms with Crippen molar-refractivity contribution in [2.45, 2.75) is 25.0 Å². The highest BCUT2D eigenvalue weighted by Crippen LogP contribution is 2.21. The van der Waals surface area contributed by atoms with Gasteiger partial charge < -0.3 is 10.7 Å². The van der Waals surface area contributed by atoms with Gasteiger partial charge in [-0.1, -0.05) is 30.8 Å². The first-order chi connectivity index (χ1) is 11.1. The van der Waals surface area contributed by atoms with E-state index in [1.165, 1.54) is 28.5 Å². The van der Waals surface area contributed by atoms with Crippen LogP contribution in [0.15, 0.2) is 34.2 Å². The predicted octanol–water partition coefficient (Wildman–Crippen LogP) is 2.39. The van der Waals surface area contributed by atoms with Crippen molar-refractivity contribution in [3.63, 3.8) is 0 Å². The van der Waals surface area contributed by atoms with Crippen molar-refractivity contribution in [3.8, 4) is 0 Å². The number of aromatic nitrogens is 4. The molecule has 3 aromatic rings. The fourth-order valence-corrected chi connectivity index (χ4v) is 2.91.